The summed E-state index contributed by atoms with van der Waals surface area (Å²) >= 11 is 0. The Hall–Kier alpha value is -0.120. The minimum atomic E-state index is -0.0303. The minimum absolute atomic E-state index is 0.0303. The van der Waals surface area contributed by atoms with Crippen molar-refractivity contribution in [2.24, 2.45) is 0 Å². The van der Waals surface area contributed by atoms with Crippen LogP contribution in [0.15, 0.2) is 0 Å². The van der Waals surface area contributed by atoms with E-state index in [0.717, 1.165) is 26.1 Å². The van der Waals surface area contributed by atoms with Gasteiger partial charge in [0.2, 0.25) is 0 Å². The third kappa shape index (κ3) is 5.43. The maximum Gasteiger partial charge on any atom is 0.124 e. The van der Waals surface area contributed by atoms with Gasteiger partial charge in [0, 0.05) is 0 Å². The summed E-state index contributed by atoms with van der Waals surface area (Å²) in [6.45, 7) is 10.8. The van der Waals surface area contributed by atoms with Crippen molar-refractivity contribution in [1.82, 2.24) is 0 Å². The number of ether oxygens (including phenoxy) is 3. The van der Waals surface area contributed by atoms with E-state index in [0.29, 0.717) is 6.10 Å². The van der Waals surface area contributed by atoms with Gasteiger partial charge in [-0.3, -0.25) is 0 Å². The minimum Gasteiger partial charge on any atom is -0.372 e. The Labute approximate surface area is 156 Å². The van der Waals surface area contributed by atoms with Crippen molar-refractivity contribution < 1.29 is 14.2 Å². The fraction of sp³-hybridized carbons (Fsp3) is 1.00. The molecule has 0 saturated carbocycles. The highest BCUT2D eigenvalue weighted by Crippen LogP contribution is 2.60. The molecule has 2 saturated heterocycles. The van der Waals surface area contributed by atoms with E-state index < -0.39 is 0 Å². The van der Waals surface area contributed by atoms with Crippen LogP contribution < -0.4 is 0 Å². The highest BCUT2D eigenvalue weighted by molar-refractivity contribution is 5.19. The summed E-state index contributed by atoms with van der Waals surface area (Å²) in [5, 5.41) is 0. The van der Waals surface area contributed by atoms with Crippen LogP contribution in [0.2, 0.25) is 0 Å². The summed E-state index contributed by atoms with van der Waals surface area (Å²) in [7, 11) is 0. The zero-order valence-corrected chi connectivity index (χ0v) is 17.3. The molecule has 0 amide bonds. The van der Waals surface area contributed by atoms with Crippen LogP contribution in [-0.2, 0) is 14.2 Å². The van der Waals surface area contributed by atoms with Gasteiger partial charge in [-0.15, -0.1) is 0 Å². The molecule has 2 aliphatic rings. The molecular formula is C22H42O3. The van der Waals surface area contributed by atoms with Gasteiger partial charge in [-0.05, 0) is 25.7 Å². The van der Waals surface area contributed by atoms with E-state index in [1.54, 1.807) is 0 Å². The van der Waals surface area contributed by atoms with Crippen LogP contribution in [0.5, 0.6) is 0 Å². The SMILES string of the molecule is CCCCC(OCC1CO1)C1(CCCC)OC1(CCCC)CCCC. The number of unbranched alkanes of at least 4 members (excludes halogenated alkanes) is 4. The van der Waals surface area contributed by atoms with Crippen molar-refractivity contribution in [3.05, 3.63) is 0 Å². The van der Waals surface area contributed by atoms with Gasteiger partial charge >= 0.3 is 0 Å². The van der Waals surface area contributed by atoms with Gasteiger partial charge < -0.3 is 14.2 Å². The lowest BCUT2D eigenvalue weighted by molar-refractivity contribution is -0.0204. The fourth-order valence-corrected chi connectivity index (χ4v) is 4.36. The predicted octanol–water partition coefficient (Wildman–Crippen LogP) is 6.04. The summed E-state index contributed by atoms with van der Waals surface area (Å²) in [5.41, 5.74) is 0.0500. The zero-order chi connectivity index (χ0) is 18.2. The Bertz CT molecular complexity index is 358. The molecular weight excluding hydrogens is 312 g/mol. The largest absolute Gasteiger partial charge is 0.372 e. The molecule has 2 rings (SSSR count). The van der Waals surface area contributed by atoms with Gasteiger partial charge in [-0.25, -0.2) is 0 Å². The second-order valence-electron chi connectivity index (χ2n) is 8.22. The molecule has 0 bridgehead atoms. The van der Waals surface area contributed by atoms with E-state index in [2.05, 4.69) is 27.7 Å². The smallest absolute Gasteiger partial charge is 0.124 e. The zero-order valence-electron chi connectivity index (χ0n) is 17.3. The first kappa shape index (κ1) is 21.2. The van der Waals surface area contributed by atoms with E-state index in [1.807, 2.05) is 0 Å². The molecule has 0 radical (unpaired) electrons. The Morgan fingerprint density at radius 1 is 0.880 bits per heavy atom. The summed E-state index contributed by atoms with van der Waals surface area (Å²) in [5.74, 6) is 0. The Kier molecular flexibility index (Phi) is 8.71. The van der Waals surface area contributed by atoms with E-state index in [-0.39, 0.29) is 17.3 Å². The van der Waals surface area contributed by atoms with Gasteiger partial charge in [0.15, 0.2) is 0 Å². The fourth-order valence-electron chi connectivity index (χ4n) is 4.36. The summed E-state index contributed by atoms with van der Waals surface area (Å²) in [4.78, 5) is 0. The van der Waals surface area contributed by atoms with Gasteiger partial charge in [0.1, 0.15) is 17.3 Å². The average Bonchev–Trinajstić information content (AvgIpc) is 3.53. The number of epoxide rings is 2. The molecule has 0 spiro atoms. The molecule has 3 nitrogen and oxygen atoms in total. The van der Waals surface area contributed by atoms with Crippen molar-refractivity contribution in [2.75, 3.05) is 13.2 Å². The highest BCUT2D eigenvalue weighted by Gasteiger charge is 2.71. The molecule has 2 aliphatic heterocycles. The van der Waals surface area contributed by atoms with Crippen LogP contribution in [0.3, 0.4) is 0 Å². The van der Waals surface area contributed by atoms with Crippen LogP contribution in [-0.4, -0.2) is 36.6 Å². The molecule has 148 valence electrons. The Morgan fingerprint density at radius 3 is 1.96 bits per heavy atom. The van der Waals surface area contributed by atoms with Crippen molar-refractivity contribution in [3.63, 3.8) is 0 Å². The van der Waals surface area contributed by atoms with E-state index in [9.17, 15) is 0 Å². The molecule has 2 fully saturated rings. The van der Waals surface area contributed by atoms with Crippen molar-refractivity contribution >= 4 is 0 Å². The van der Waals surface area contributed by atoms with Crippen LogP contribution >= 0.6 is 0 Å². The normalized spacial score (nSPS) is 28.1. The summed E-state index contributed by atoms with van der Waals surface area (Å²) in [6.07, 6.45) is 15.3. The van der Waals surface area contributed by atoms with E-state index in [4.69, 9.17) is 14.2 Å². The van der Waals surface area contributed by atoms with Gasteiger partial charge in [0.05, 0.1) is 19.3 Å². The molecule has 0 aromatic carbocycles. The lowest BCUT2D eigenvalue weighted by Crippen LogP contribution is -2.40. The van der Waals surface area contributed by atoms with Gasteiger partial charge in [-0.1, -0.05) is 79.1 Å². The maximum absolute atomic E-state index is 6.74. The molecule has 0 aromatic heterocycles. The third-order valence-corrected chi connectivity index (χ3v) is 6.10. The number of hydrogen-bond donors (Lipinski definition) is 0. The molecule has 3 unspecified atom stereocenters. The van der Waals surface area contributed by atoms with Gasteiger partial charge in [0.25, 0.3) is 0 Å². The van der Waals surface area contributed by atoms with Crippen molar-refractivity contribution in [1.29, 1.82) is 0 Å². The molecule has 3 atom stereocenters. The third-order valence-electron chi connectivity index (χ3n) is 6.10. The van der Waals surface area contributed by atoms with E-state index >= 15 is 0 Å². The average molecular weight is 355 g/mol. The maximum atomic E-state index is 6.74. The molecule has 25 heavy (non-hydrogen) atoms. The molecule has 0 aromatic rings. The Morgan fingerprint density at radius 2 is 1.44 bits per heavy atom. The molecule has 3 heteroatoms. The summed E-state index contributed by atoms with van der Waals surface area (Å²) < 4.78 is 18.6. The lowest BCUT2D eigenvalue weighted by atomic mass is 9.76. The number of rotatable bonds is 16. The van der Waals surface area contributed by atoms with Crippen molar-refractivity contribution in [2.45, 2.75) is 128 Å². The van der Waals surface area contributed by atoms with Crippen molar-refractivity contribution in [3.8, 4) is 0 Å². The summed E-state index contributed by atoms with van der Waals surface area (Å²) in [6, 6.07) is 0. The van der Waals surface area contributed by atoms with Gasteiger partial charge in [-0.2, -0.15) is 0 Å². The first-order valence-electron chi connectivity index (χ1n) is 11.1. The second kappa shape index (κ2) is 10.3. The first-order valence-corrected chi connectivity index (χ1v) is 11.1. The molecule has 0 aliphatic carbocycles. The Balaban J connectivity index is 2.13. The monoisotopic (exact) mass is 354 g/mol. The molecule has 0 N–H and O–H groups in total. The van der Waals surface area contributed by atoms with E-state index in [1.165, 1.54) is 64.2 Å². The molecule has 2 heterocycles. The van der Waals surface area contributed by atoms with Crippen LogP contribution in [0.25, 0.3) is 0 Å². The highest BCUT2D eigenvalue weighted by atomic mass is 16.7. The number of hydrogen-bond acceptors (Lipinski definition) is 3. The quantitative estimate of drug-likeness (QED) is 0.317. The standard InChI is InChI=1S/C22H42O3/c1-5-9-13-20(24-18-19-17-23-19)22(16-12-8-4)21(25-22,14-10-6-2)15-11-7-3/h19-20H,5-18H2,1-4H3. The second-order valence-corrected chi connectivity index (χ2v) is 8.22. The first-order chi connectivity index (χ1) is 12.2. The predicted molar refractivity (Wildman–Crippen MR) is 104 cm³/mol. The van der Waals surface area contributed by atoms with Crippen LogP contribution in [0.1, 0.15) is 105 Å². The van der Waals surface area contributed by atoms with Crippen LogP contribution in [0, 0.1) is 0 Å². The topological polar surface area (TPSA) is 34.3 Å². The lowest BCUT2D eigenvalue weighted by Gasteiger charge is -2.29. The van der Waals surface area contributed by atoms with Crippen LogP contribution in [0.4, 0.5) is 0 Å².